The Kier molecular flexibility index (Phi) is 2.56. The van der Waals surface area contributed by atoms with E-state index in [-0.39, 0.29) is 0 Å². The third-order valence-corrected chi connectivity index (χ3v) is 3.09. The number of rotatable bonds is 2. The van der Waals surface area contributed by atoms with Gasteiger partial charge in [-0.15, -0.1) is 0 Å². The molecule has 6 heteroatoms. The average molecular weight is 231 g/mol. The lowest BCUT2D eigenvalue weighted by Crippen LogP contribution is -2.08. The molecule has 17 heavy (non-hydrogen) atoms. The summed E-state index contributed by atoms with van der Waals surface area (Å²) in [6.07, 6.45) is 3.14. The molecule has 0 unspecified atom stereocenters. The van der Waals surface area contributed by atoms with Gasteiger partial charge in [0, 0.05) is 12.7 Å². The van der Waals surface area contributed by atoms with E-state index in [0.717, 1.165) is 13.1 Å². The molecular formula is C11H13N5O. The fourth-order valence-electron chi connectivity index (χ4n) is 2.05. The van der Waals surface area contributed by atoms with Crippen molar-refractivity contribution in [2.24, 2.45) is 5.92 Å². The first-order valence-electron chi connectivity index (χ1n) is 5.65. The summed E-state index contributed by atoms with van der Waals surface area (Å²) < 4.78 is 5.31. The lowest BCUT2D eigenvalue weighted by molar-refractivity contribution is 0.340. The van der Waals surface area contributed by atoms with E-state index in [2.05, 4.69) is 32.3 Å². The van der Waals surface area contributed by atoms with Crippen molar-refractivity contribution in [3.63, 3.8) is 0 Å². The van der Waals surface area contributed by atoms with E-state index in [4.69, 9.17) is 4.52 Å². The van der Waals surface area contributed by atoms with Crippen LogP contribution in [-0.2, 0) is 0 Å². The zero-order chi connectivity index (χ0) is 11.7. The van der Waals surface area contributed by atoms with Crippen molar-refractivity contribution in [1.29, 1.82) is 0 Å². The van der Waals surface area contributed by atoms with E-state index < -0.39 is 0 Å². The minimum Gasteiger partial charge on any atom is -0.339 e. The molecule has 88 valence electrons. The summed E-state index contributed by atoms with van der Waals surface area (Å²) in [5, 5.41) is 7.28. The third-order valence-electron chi connectivity index (χ3n) is 3.09. The van der Waals surface area contributed by atoms with Crippen molar-refractivity contribution in [2.75, 3.05) is 13.1 Å². The molecule has 2 aromatic heterocycles. The molecule has 0 spiro atoms. The maximum absolute atomic E-state index is 5.31. The van der Waals surface area contributed by atoms with Gasteiger partial charge in [-0.1, -0.05) is 12.1 Å². The minimum absolute atomic E-state index is 0.304. The molecule has 2 atom stereocenters. The van der Waals surface area contributed by atoms with Gasteiger partial charge in [0.2, 0.25) is 11.7 Å². The van der Waals surface area contributed by atoms with Crippen LogP contribution in [0.1, 0.15) is 18.7 Å². The number of nitrogens with zero attached hydrogens (tertiary/aromatic N) is 4. The van der Waals surface area contributed by atoms with Crippen molar-refractivity contribution in [2.45, 2.75) is 12.8 Å². The monoisotopic (exact) mass is 231 g/mol. The molecular weight excluding hydrogens is 218 g/mol. The number of hydrogen-bond acceptors (Lipinski definition) is 6. The van der Waals surface area contributed by atoms with E-state index in [0.29, 0.717) is 29.2 Å². The standard InChI is InChI=1S/C11H13N5O/c1-7-4-13-5-8(7)11-15-10(16-17-11)9-2-3-12-6-14-9/h2-3,6-8,13H,4-5H2,1H3/t7-,8-/m1/s1. The van der Waals surface area contributed by atoms with E-state index in [1.165, 1.54) is 6.33 Å². The second-order valence-electron chi connectivity index (χ2n) is 4.29. The van der Waals surface area contributed by atoms with E-state index in [1.807, 2.05) is 0 Å². The minimum atomic E-state index is 0.304. The Morgan fingerprint density at radius 3 is 3.06 bits per heavy atom. The zero-order valence-electron chi connectivity index (χ0n) is 9.50. The van der Waals surface area contributed by atoms with Gasteiger partial charge in [-0.2, -0.15) is 4.98 Å². The maximum Gasteiger partial charge on any atom is 0.231 e. The van der Waals surface area contributed by atoms with Gasteiger partial charge in [0.1, 0.15) is 12.0 Å². The van der Waals surface area contributed by atoms with Gasteiger partial charge in [0.05, 0.1) is 5.92 Å². The van der Waals surface area contributed by atoms with Gasteiger partial charge in [-0.25, -0.2) is 9.97 Å². The van der Waals surface area contributed by atoms with Crippen molar-refractivity contribution in [3.05, 3.63) is 24.5 Å². The van der Waals surface area contributed by atoms with Gasteiger partial charge in [-0.3, -0.25) is 0 Å². The Balaban J connectivity index is 1.88. The van der Waals surface area contributed by atoms with Crippen LogP contribution in [0.15, 0.2) is 23.1 Å². The van der Waals surface area contributed by atoms with E-state index in [1.54, 1.807) is 12.3 Å². The predicted molar refractivity (Wildman–Crippen MR) is 60.1 cm³/mol. The van der Waals surface area contributed by atoms with E-state index in [9.17, 15) is 0 Å². The summed E-state index contributed by atoms with van der Waals surface area (Å²) in [6, 6.07) is 1.77. The quantitative estimate of drug-likeness (QED) is 0.825. The number of nitrogens with one attached hydrogen (secondary N) is 1. The van der Waals surface area contributed by atoms with Gasteiger partial charge >= 0.3 is 0 Å². The lowest BCUT2D eigenvalue weighted by atomic mass is 9.98. The van der Waals surface area contributed by atoms with Gasteiger partial charge < -0.3 is 9.84 Å². The van der Waals surface area contributed by atoms with Crippen molar-refractivity contribution >= 4 is 0 Å². The summed E-state index contributed by atoms with van der Waals surface area (Å²) >= 11 is 0. The SMILES string of the molecule is C[C@@H]1CNC[C@H]1c1nc(-c2ccncn2)no1. The fraction of sp³-hybridized carbons (Fsp3) is 0.455. The zero-order valence-corrected chi connectivity index (χ0v) is 9.50. The van der Waals surface area contributed by atoms with Crippen LogP contribution in [-0.4, -0.2) is 33.2 Å². The van der Waals surface area contributed by atoms with Crippen LogP contribution in [0, 0.1) is 5.92 Å². The molecule has 3 heterocycles. The number of aromatic nitrogens is 4. The fourth-order valence-corrected chi connectivity index (χ4v) is 2.05. The average Bonchev–Trinajstić information content (AvgIpc) is 2.98. The Morgan fingerprint density at radius 2 is 2.35 bits per heavy atom. The first-order valence-corrected chi connectivity index (χ1v) is 5.65. The molecule has 2 aromatic rings. The molecule has 1 aliphatic rings. The highest BCUT2D eigenvalue weighted by atomic mass is 16.5. The van der Waals surface area contributed by atoms with Crippen LogP contribution in [0.3, 0.4) is 0 Å². The molecule has 3 rings (SSSR count). The molecule has 6 nitrogen and oxygen atoms in total. The second kappa shape index (κ2) is 4.21. The van der Waals surface area contributed by atoms with Crippen LogP contribution >= 0.6 is 0 Å². The van der Waals surface area contributed by atoms with Crippen molar-refractivity contribution < 1.29 is 4.52 Å². The van der Waals surface area contributed by atoms with Crippen molar-refractivity contribution in [1.82, 2.24) is 25.4 Å². The molecule has 1 saturated heterocycles. The topological polar surface area (TPSA) is 76.7 Å². The van der Waals surface area contributed by atoms with Crippen LogP contribution < -0.4 is 5.32 Å². The number of hydrogen-bond donors (Lipinski definition) is 1. The summed E-state index contributed by atoms with van der Waals surface area (Å²) in [6.45, 7) is 4.07. The molecule has 0 aliphatic carbocycles. The highest BCUT2D eigenvalue weighted by Crippen LogP contribution is 2.27. The normalized spacial score (nSPS) is 24.1. The maximum atomic E-state index is 5.31. The van der Waals surface area contributed by atoms with Gasteiger partial charge in [-0.05, 0) is 18.5 Å². The van der Waals surface area contributed by atoms with Crippen LogP contribution in [0.5, 0.6) is 0 Å². The molecule has 0 bridgehead atoms. The van der Waals surface area contributed by atoms with Crippen LogP contribution in [0.4, 0.5) is 0 Å². The molecule has 0 aromatic carbocycles. The Morgan fingerprint density at radius 1 is 1.41 bits per heavy atom. The highest BCUT2D eigenvalue weighted by Gasteiger charge is 2.29. The smallest absolute Gasteiger partial charge is 0.231 e. The van der Waals surface area contributed by atoms with Crippen LogP contribution in [0.2, 0.25) is 0 Å². The van der Waals surface area contributed by atoms with Crippen LogP contribution in [0.25, 0.3) is 11.5 Å². The summed E-state index contributed by atoms with van der Waals surface area (Å²) in [7, 11) is 0. The van der Waals surface area contributed by atoms with E-state index >= 15 is 0 Å². The summed E-state index contributed by atoms with van der Waals surface area (Å²) in [5.74, 6) is 2.05. The Hall–Kier alpha value is -1.82. The molecule has 0 amide bonds. The van der Waals surface area contributed by atoms with Crippen molar-refractivity contribution in [3.8, 4) is 11.5 Å². The largest absolute Gasteiger partial charge is 0.339 e. The highest BCUT2D eigenvalue weighted by molar-refractivity contribution is 5.46. The first-order chi connectivity index (χ1) is 8.34. The molecule has 1 N–H and O–H groups in total. The molecule has 0 saturated carbocycles. The Bertz CT molecular complexity index is 498. The molecule has 0 radical (unpaired) electrons. The van der Waals surface area contributed by atoms with Gasteiger partial charge in [0.15, 0.2) is 0 Å². The second-order valence-corrected chi connectivity index (χ2v) is 4.29. The molecule has 1 fully saturated rings. The summed E-state index contributed by atoms with van der Waals surface area (Å²) in [5.41, 5.74) is 0.689. The molecule has 1 aliphatic heterocycles. The Labute approximate surface area is 98.5 Å². The van der Waals surface area contributed by atoms with Gasteiger partial charge in [0.25, 0.3) is 0 Å². The first kappa shape index (κ1) is 10.3. The lowest BCUT2D eigenvalue weighted by Gasteiger charge is -2.07. The predicted octanol–water partition coefficient (Wildman–Crippen LogP) is 0.849. The third kappa shape index (κ3) is 1.91. The summed E-state index contributed by atoms with van der Waals surface area (Å²) in [4.78, 5) is 12.4.